The molecule has 0 aliphatic rings. The van der Waals surface area contributed by atoms with Crippen molar-refractivity contribution >= 4 is 22.5 Å². The Bertz CT molecular complexity index is 1020. The Hall–Kier alpha value is -3.34. The van der Waals surface area contributed by atoms with Gasteiger partial charge in [0, 0.05) is 42.0 Å². The number of ketones is 1. The molecule has 25 heavy (non-hydrogen) atoms. The van der Waals surface area contributed by atoms with Crippen LogP contribution in [0.5, 0.6) is 0 Å². The maximum Gasteiger partial charge on any atom is 0.191 e. The number of para-hydroxylation sites is 1. The first-order valence-electron chi connectivity index (χ1n) is 8.14. The second-order valence-electron chi connectivity index (χ2n) is 5.97. The third kappa shape index (κ3) is 2.92. The van der Waals surface area contributed by atoms with Gasteiger partial charge < -0.3 is 10.3 Å². The van der Waals surface area contributed by atoms with Gasteiger partial charge in [0.15, 0.2) is 5.78 Å². The van der Waals surface area contributed by atoms with Crippen molar-refractivity contribution in [1.82, 2.24) is 14.8 Å². The van der Waals surface area contributed by atoms with Crippen LogP contribution in [0.25, 0.3) is 10.9 Å². The Balaban J connectivity index is 1.75. The van der Waals surface area contributed by atoms with Gasteiger partial charge in [-0.1, -0.05) is 48.5 Å². The number of rotatable bonds is 5. The lowest BCUT2D eigenvalue weighted by atomic mass is 9.97. The molecule has 0 spiro atoms. The van der Waals surface area contributed by atoms with Crippen molar-refractivity contribution < 1.29 is 4.79 Å². The minimum Gasteiger partial charge on any atom is -0.360 e. The number of aromatic amines is 1. The standard InChI is InChI=1S/C20H18N4O/c1-24-12-11-18(23-24)22-19(14-7-3-2-4-8-14)20(25)16-13-21-17-10-6-5-9-15(16)17/h2-13,19,21H,1H3,(H,22,23). The van der Waals surface area contributed by atoms with Crippen LogP contribution >= 0.6 is 0 Å². The Morgan fingerprint density at radius 1 is 1.08 bits per heavy atom. The SMILES string of the molecule is Cn1ccc(NC(C(=O)c2c[nH]c3ccccc23)c2ccccc2)n1. The first kappa shape index (κ1) is 15.2. The second-order valence-corrected chi connectivity index (χ2v) is 5.97. The Morgan fingerprint density at radius 3 is 2.60 bits per heavy atom. The molecule has 1 atom stereocenters. The topological polar surface area (TPSA) is 62.7 Å². The van der Waals surface area contributed by atoms with E-state index in [2.05, 4.69) is 15.4 Å². The maximum absolute atomic E-state index is 13.3. The number of hydrogen-bond acceptors (Lipinski definition) is 3. The zero-order valence-corrected chi connectivity index (χ0v) is 13.8. The Morgan fingerprint density at radius 2 is 1.84 bits per heavy atom. The average Bonchev–Trinajstić information content (AvgIpc) is 3.26. The van der Waals surface area contributed by atoms with Crippen LogP contribution in [0.15, 0.2) is 73.1 Å². The van der Waals surface area contributed by atoms with E-state index in [-0.39, 0.29) is 5.78 Å². The number of nitrogens with one attached hydrogen (secondary N) is 2. The fourth-order valence-electron chi connectivity index (χ4n) is 3.02. The van der Waals surface area contributed by atoms with Gasteiger partial charge in [0.25, 0.3) is 0 Å². The van der Waals surface area contributed by atoms with E-state index in [0.717, 1.165) is 16.5 Å². The molecule has 124 valence electrons. The summed E-state index contributed by atoms with van der Waals surface area (Å²) in [5.41, 5.74) is 2.53. The van der Waals surface area contributed by atoms with E-state index in [0.29, 0.717) is 11.4 Å². The average molecular weight is 330 g/mol. The van der Waals surface area contributed by atoms with Gasteiger partial charge in [0.2, 0.25) is 0 Å². The van der Waals surface area contributed by atoms with Gasteiger partial charge in [-0.2, -0.15) is 5.10 Å². The van der Waals surface area contributed by atoms with Crippen molar-refractivity contribution in [2.45, 2.75) is 6.04 Å². The molecule has 0 saturated carbocycles. The quantitative estimate of drug-likeness (QED) is 0.545. The lowest BCUT2D eigenvalue weighted by molar-refractivity contribution is 0.0971. The van der Waals surface area contributed by atoms with E-state index in [9.17, 15) is 4.79 Å². The number of benzene rings is 2. The van der Waals surface area contributed by atoms with Crippen molar-refractivity contribution in [1.29, 1.82) is 0 Å². The summed E-state index contributed by atoms with van der Waals surface area (Å²) < 4.78 is 1.71. The Labute approximate surface area is 145 Å². The van der Waals surface area contributed by atoms with Crippen LogP contribution in [-0.4, -0.2) is 20.5 Å². The number of fused-ring (bicyclic) bond motifs is 1. The number of Topliss-reactive ketones (excluding diaryl/α,β-unsaturated/α-hetero) is 1. The van der Waals surface area contributed by atoms with Crippen LogP contribution in [0.1, 0.15) is 22.0 Å². The number of carbonyl (C=O) groups is 1. The number of hydrogen-bond donors (Lipinski definition) is 2. The summed E-state index contributed by atoms with van der Waals surface area (Å²) in [6, 6.07) is 18.9. The smallest absolute Gasteiger partial charge is 0.191 e. The van der Waals surface area contributed by atoms with Gasteiger partial charge in [-0.25, -0.2) is 0 Å². The molecule has 2 N–H and O–H groups in total. The van der Waals surface area contributed by atoms with Gasteiger partial charge >= 0.3 is 0 Å². The van der Waals surface area contributed by atoms with Crippen molar-refractivity contribution in [3.05, 3.63) is 84.2 Å². The minimum atomic E-state index is -0.504. The van der Waals surface area contributed by atoms with Crippen molar-refractivity contribution in [2.24, 2.45) is 7.05 Å². The van der Waals surface area contributed by atoms with Crippen LogP contribution < -0.4 is 5.32 Å². The van der Waals surface area contributed by atoms with Gasteiger partial charge in [0.1, 0.15) is 11.9 Å². The molecule has 5 heteroatoms. The van der Waals surface area contributed by atoms with Gasteiger partial charge in [-0.15, -0.1) is 0 Å². The van der Waals surface area contributed by atoms with Crippen LogP contribution in [0.4, 0.5) is 5.82 Å². The van der Waals surface area contributed by atoms with Gasteiger partial charge in [-0.05, 0) is 11.6 Å². The van der Waals surface area contributed by atoms with Gasteiger partial charge in [-0.3, -0.25) is 9.48 Å². The molecule has 1 unspecified atom stereocenters. The zero-order chi connectivity index (χ0) is 17.2. The molecule has 0 saturated heterocycles. The molecular weight excluding hydrogens is 312 g/mol. The third-order valence-electron chi connectivity index (χ3n) is 4.26. The highest BCUT2D eigenvalue weighted by Gasteiger charge is 2.24. The van der Waals surface area contributed by atoms with E-state index in [1.165, 1.54) is 0 Å². The zero-order valence-electron chi connectivity index (χ0n) is 13.8. The van der Waals surface area contributed by atoms with E-state index >= 15 is 0 Å². The highest BCUT2D eigenvalue weighted by atomic mass is 16.1. The number of aryl methyl sites for hydroxylation is 1. The molecule has 2 heterocycles. The highest BCUT2D eigenvalue weighted by molar-refractivity contribution is 6.11. The number of anilines is 1. The van der Waals surface area contributed by atoms with Crippen LogP contribution in [-0.2, 0) is 7.05 Å². The minimum absolute atomic E-state index is 0.00861. The first-order valence-corrected chi connectivity index (χ1v) is 8.14. The Kier molecular flexibility index (Phi) is 3.82. The summed E-state index contributed by atoms with van der Waals surface area (Å²) in [5.74, 6) is 0.679. The van der Waals surface area contributed by atoms with Crippen molar-refractivity contribution in [3.8, 4) is 0 Å². The summed E-state index contributed by atoms with van der Waals surface area (Å²) >= 11 is 0. The van der Waals surface area contributed by atoms with Crippen molar-refractivity contribution in [2.75, 3.05) is 5.32 Å². The summed E-state index contributed by atoms with van der Waals surface area (Å²) in [5, 5.41) is 8.55. The lowest BCUT2D eigenvalue weighted by Crippen LogP contribution is -2.21. The maximum atomic E-state index is 13.3. The fourth-order valence-corrected chi connectivity index (χ4v) is 3.02. The summed E-state index contributed by atoms with van der Waals surface area (Å²) in [6.07, 6.45) is 3.63. The molecule has 4 rings (SSSR count). The normalized spacial score (nSPS) is 12.2. The molecule has 0 bridgehead atoms. The van der Waals surface area contributed by atoms with Gasteiger partial charge in [0.05, 0.1) is 0 Å². The molecule has 5 nitrogen and oxygen atoms in total. The first-order chi connectivity index (χ1) is 12.2. The third-order valence-corrected chi connectivity index (χ3v) is 4.26. The van der Waals surface area contributed by atoms with E-state index < -0.39 is 6.04 Å². The lowest BCUT2D eigenvalue weighted by Gasteiger charge is -2.17. The highest BCUT2D eigenvalue weighted by Crippen LogP contribution is 2.27. The molecule has 0 aliphatic carbocycles. The second kappa shape index (κ2) is 6.28. The molecule has 2 aromatic carbocycles. The fraction of sp³-hybridized carbons (Fsp3) is 0.100. The van der Waals surface area contributed by atoms with Crippen LogP contribution in [0.2, 0.25) is 0 Å². The molecular formula is C20H18N4O. The number of nitrogens with zero attached hydrogens (tertiary/aromatic N) is 2. The number of aromatic nitrogens is 3. The predicted octanol–water partition coefficient (Wildman–Crippen LogP) is 3.94. The van der Waals surface area contributed by atoms with Crippen LogP contribution in [0, 0.1) is 0 Å². The molecule has 0 amide bonds. The van der Waals surface area contributed by atoms with Crippen molar-refractivity contribution in [3.63, 3.8) is 0 Å². The largest absolute Gasteiger partial charge is 0.360 e. The van der Waals surface area contributed by atoms with Crippen LogP contribution in [0.3, 0.4) is 0 Å². The monoisotopic (exact) mass is 330 g/mol. The molecule has 4 aromatic rings. The number of H-pyrrole nitrogens is 1. The predicted molar refractivity (Wildman–Crippen MR) is 98.6 cm³/mol. The molecule has 0 aliphatic heterocycles. The number of carbonyl (C=O) groups excluding carboxylic acids is 1. The molecule has 0 radical (unpaired) electrons. The van der Waals surface area contributed by atoms with E-state index in [1.54, 1.807) is 10.9 Å². The molecule has 0 fully saturated rings. The van der Waals surface area contributed by atoms with E-state index in [1.807, 2.05) is 73.9 Å². The van der Waals surface area contributed by atoms with E-state index in [4.69, 9.17) is 0 Å². The molecule has 2 aromatic heterocycles. The summed E-state index contributed by atoms with van der Waals surface area (Å²) in [7, 11) is 1.85. The summed E-state index contributed by atoms with van der Waals surface area (Å²) in [6.45, 7) is 0. The summed E-state index contributed by atoms with van der Waals surface area (Å²) in [4.78, 5) is 16.5.